The molecule has 0 saturated carbocycles. The van der Waals surface area contributed by atoms with Crippen molar-refractivity contribution in [2.24, 2.45) is 0 Å². The molecular formula is C15H13ClN4O3S. The van der Waals surface area contributed by atoms with Crippen LogP contribution in [0, 0.1) is 0 Å². The van der Waals surface area contributed by atoms with Gasteiger partial charge in [0, 0.05) is 29.3 Å². The minimum absolute atomic E-state index is 0.269. The molecule has 0 spiro atoms. The van der Waals surface area contributed by atoms with E-state index in [-0.39, 0.29) is 11.6 Å². The summed E-state index contributed by atoms with van der Waals surface area (Å²) in [5, 5.41) is 2.99. The Morgan fingerprint density at radius 3 is 2.71 bits per heavy atom. The fraction of sp³-hybridized carbons (Fsp3) is 0.0667. The third-order valence-electron chi connectivity index (χ3n) is 3.11. The highest BCUT2D eigenvalue weighted by atomic mass is 35.5. The highest BCUT2D eigenvalue weighted by Gasteiger charge is 2.10. The number of carbonyl (C=O) groups is 1. The minimum atomic E-state index is -3.44. The Labute approximate surface area is 143 Å². The van der Waals surface area contributed by atoms with E-state index in [9.17, 15) is 13.2 Å². The summed E-state index contributed by atoms with van der Waals surface area (Å²) in [4.78, 5) is 16.5. The first-order valence-electron chi connectivity index (χ1n) is 6.83. The van der Waals surface area contributed by atoms with Gasteiger partial charge in [-0.05, 0) is 30.3 Å². The molecule has 124 valence electrons. The predicted octanol–water partition coefficient (Wildman–Crippen LogP) is 2.61. The number of rotatable bonds is 4. The molecule has 0 aliphatic carbocycles. The topological polar surface area (TPSA) is 92.6 Å². The van der Waals surface area contributed by atoms with Crippen LogP contribution in [0.3, 0.4) is 0 Å². The van der Waals surface area contributed by atoms with Crippen molar-refractivity contribution >= 4 is 44.6 Å². The van der Waals surface area contributed by atoms with Crippen molar-refractivity contribution in [3.63, 3.8) is 0 Å². The average molecular weight is 365 g/mol. The number of hydrogen-bond acceptors (Lipinski definition) is 4. The van der Waals surface area contributed by atoms with Crippen molar-refractivity contribution in [3.05, 3.63) is 59.5 Å². The Morgan fingerprint density at radius 1 is 1.21 bits per heavy atom. The maximum atomic E-state index is 12.4. The van der Waals surface area contributed by atoms with Gasteiger partial charge in [0.25, 0.3) is 5.91 Å². The smallest absolute Gasteiger partial charge is 0.257 e. The zero-order chi connectivity index (χ0) is 17.3. The minimum Gasteiger partial charge on any atom is -0.322 e. The third-order valence-corrected chi connectivity index (χ3v) is 3.93. The Morgan fingerprint density at radius 2 is 1.96 bits per heavy atom. The Bertz CT molecular complexity index is 1030. The van der Waals surface area contributed by atoms with Gasteiger partial charge in [-0.25, -0.2) is 13.4 Å². The Kier molecular flexibility index (Phi) is 4.16. The maximum Gasteiger partial charge on any atom is 0.257 e. The first-order chi connectivity index (χ1) is 11.3. The van der Waals surface area contributed by atoms with E-state index in [0.29, 0.717) is 16.3 Å². The van der Waals surface area contributed by atoms with E-state index in [0.717, 1.165) is 11.9 Å². The summed E-state index contributed by atoms with van der Waals surface area (Å²) < 4.78 is 26.7. The molecule has 0 atom stereocenters. The molecule has 0 aliphatic rings. The van der Waals surface area contributed by atoms with Crippen LogP contribution < -0.4 is 10.0 Å². The first-order valence-corrected chi connectivity index (χ1v) is 9.09. The monoisotopic (exact) mass is 364 g/mol. The summed E-state index contributed by atoms with van der Waals surface area (Å²) in [5.41, 5.74) is 1.81. The van der Waals surface area contributed by atoms with Crippen molar-refractivity contribution in [2.45, 2.75) is 0 Å². The third kappa shape index (κ3) is 3.84. The van der Waals surface area contributed by atoms with Gasteiger partial charge in [-0.3, -0.25) is 9.52 Å². The number of carbonyl (C=O) groups excluding carboxylic acids is 1. The van der Waals surface area contributed by atoms with Crippen LogP contribution in [-0.2, 0) is 10.0 Å². The van der Waals surface area contributed by atoms with Crippen LogP contribution in [0.4, 0.5) is 11.4 Å². The SMILES string of the molecule is CS(=O)(=O)Nc1cc(Cl)cc(NC(=O)c2ccc3nccn3c2)c1. The number of benzene rings is 1. The summed E-state index contributed by atoms with van der Waals surface area (Å²) in [6, 6.07) is 7.85. The second-order valence-electron chi connectivity index (χ2n) is 5.17. The molecule has 2 N–H and O–H groups in total. The van der Waals surface area contributed by atoms with Crippen LogP contribution in [0.1, 0.15) is 10.4 Å². The lowest BCUT2D eigenvalue weighted by molar-refractivity contribution is 0.102. The predicted molar refractivity (Wildman–Crippen MR) is 93.1 cm³/mol. The molecule has 2 aromatic heterocycles. The summed E-state index contributed by atoms with van der Waals surface area (Å²) in [6.45, 7) is 0. The van der Waals surface area contributed by atoms with Gasteiger partial charge in [0.05, 0.1) is 17.5 Å². The van der Waals surface area contributed by atoms with Crippen molar-refractivity contribution in [3.8, 4) is 0 Å². The molecular weight excluding hydrogens is 352 g/mol. The van der Waals surface area contributed by atoms with Crippen molar-refractivity contribution in [1.82, 2.24) is 9.38 Å². The number of pyridine rings is 1. The molecule has 7 nitrogen and oxygen atoms in total. The zero-order valence-electron chi connectivity index (χ0n) is 12.5. The maximum absolute atomic E-state index is 12.4. The van der Waals surface area contributed by atoms with Gasteiger partial charge >= 0.3 is 0 Å². The number of nitrogens with zero attached hydrogens (tertiary/aromatic N) is 2. The summed E-state index contributed by atoms with van der Waals surface area (Å²) >= 11 is 5.97. The molecule has 0 bridgehead atoms. The summed E-state index contributed by atoms with van der Waals surface area (Å²) in [7, 11) is -3.44. The molecule has 0 unspecified atom stereocenters. The molecule has 24 heavy (non-hydrogen) atoms. The van der Waals surface area contributed by atoms with Gasteiger partial charge in [-0.15, -0.1) is 0 Å². The Hall–Kier alpha value is -2.58. The average Bonchev–Trinajstić information content (AvgIpc) is 2.91. The van der Waals surface area contributed by atoms with E-state index in [4.69, 9.17) is 11.6 Å². The highest BCUT2D eigenvalue weighted by Crippen LogP contribution is 2.23. The van der Waals surface area contributed by atoms with Crippen LogP contribution in [0.2, 0.25) is 5.02 Å². The number of amides is 1. The normalized spacial score (nSPS) is 11.4. The fourth-order valence-corrected chi connectivity index (χ4v) is 2.97. The van der Waals surface area contributed by atoms with E-state index < -0.39 is 10.0 Å². The highest BCUT2D eigenvalue weighted by molar-refractivity contribution is 7.92. The van der Waals surface area contributed by atoms with Gasteiger partial charge in [0.15, 0.2) is 0 Å². The number of halogens is 1. The van der Waals surface area contributed by atoms with Crippen LogP contribution >= 0.6 is 11.6 Å². The summed E-state index contributed by atoms with van der Waals surface area (Å²) in [5.74, 6) is -0.349. The Balaban J connectivity index is 1.85. The van der Waals surface area contributed by atoms with E-state index in [1.165, 1.54) is 18.2 Å². The van der Waals surface area contributed by atoms with Crippen LogP contribution in [-0.4, -0.2) is 30.0 Å². The second kappa shape index (κ2) is 6.14. The number of anilines is 2. The number of nitrogens with one attached hydrogen (secondary N) is 2. The van der Waals surface area contributed by atoms with E-state index >= 15 is 0 Å². The van der Waals surface area contributed by atoms with E-state index in [2.05, 4.69) is 15.0 Å². The van der Waals surface area contributed by atoms with Crippen molar-refractivity contribution in [2.75, 3.05) is 16.3 Å². The van der Waals surface area contributed by atoms with E-state index in [1.54, 1.807) is 35.1 Å². The number of hydrogen-bond donors (Lipinski definition) is 2. The lowest BCUT2D eigenvalue weighted by Gasteiger charge is -2.10. The molecule has 0 fully saturated rings. The molecule has 0 radical (unpaired) electrons. The zero-order valence-corrected chi connectivity index (χ0v) is 14.1. The van der Waals surface area contributed by atoms with Gasteiger partial charge in [0.2, 0.25) is 10.0 Å². The molecule has 3 rings (SSSR count). The molecule has 9 heteroatoms. The number of imidazole rings is 1. The fourth-order valence-electron chi connectivity index (χ4n) is 2.19. The number of aromatic nitrogens is 2. The standard InChI is InChI=1S/C15H13ClN4O3S/c1-24(22,23)19-13-7-11(16)6-12(8-13)18-15(21)10-2-3-14-17-4-5-20(14)9-10/h2-9,19H,1H3,(H,18,21). The van der Waals surface area contributed by atoms with Gasteiger partial charge < -0.3 is 9.72 Å². The van der Waals surface area contributed by atoms with Crippen molar-refractivity contribution < 1.29 is 13.2 Å². The molecule has 1 aromatic carbocycles. The van der Waals surface area contributed by atoms with E-state index in [1.807, 2.05) is 0 Å². The van der Waals surface area contributed by atoms with Crippen LogP contribution in [0.15, 0.2) is 48.9 Å². The largest absolute Gasteiger partial charge is 0.322 e. The lowest BCUT2D eigenvalue weighted by atomic mass is 10.2. The van der Waals surface area contributed by atoms with Crippen LogP contribution in [0.25, 0.3) is 5.65 Å². The van der Waals surface area contributed by atoms with Gasteiger partial charge in [-0.2, -0.15) is 0 Å². The van der Waals surface area contributed by atoms with Crippen molar-refractivity contribution in [1.29, 1.82) is 0 Å². The number of sulfonamides is 1. The first kappa shape index (κ1) is 16.3. The van der Waals surface area contributed by atoms with Gasteiger partial charge in [0.1, 0.15) is 5.65 Å². The molecule has 2 heterocycles. The molecule has 0 saturated heterocycles. The van der Waals surface area contributed by atoms with Crippen LogP contribution in [0.5, 0.6) is 0 Å². The number of fused-ring (bicyclic) bond motifs is 1. The molecule has 0 aliphatic heterocycles. The summed E-state index contributed by atoms with van der Waals surface area (Å²) in [6.07, 6.45) is 6.06. The molecule has 1 amide bonds. The molecule has 3 aromatic rings. The quantitative estimate of drug-likeness (QED) is 0.744. The van der Waals surface area contributed by atoms with Gasteiger partial charge in [-0.1, -0.05) is 11.6 Å². The second-order valence-corrected chi connectivity index (χ2v) is 7.35. The lowest BCUT2D eigenvalue weighted by Crippen LogP contribution is -2.14.